The van der Waals surface area contributed by atoms with E-state index in [1.165, 1.54) is 18.2 Å². The number of carboxylic acids is 1. The van der Waals surface area contributed by atoms with E-state index >= 15 is 0 Å². The first kappa shape index (κ1) is 15.6. The molecule has 19 heavy (non-hydrogen) atoms. The molecule has 0 unspecified atom stereocenters. The van der Waals surface area contributed by atoms with E-state index in [0.29, 0.717) is 0 Å². The van der Waals surface area contributed by atoms with Gasteiger partial charge >= 0.3 is 5.97 Å². The van der Waals surface area contributed by atoms with Crippen LogP contribution in [0.1, 0.15) is 30.6 Å². The molecule has 0 heterocycles. The van der Waals surface area contributed by atoms with Gasteiger partial charge in [-0.2, -0.15) is 0 Å². The Kier molecular flexibility index (Phi) is 4.67. The predicted molar refractivity (Wildman–Crippen MR) is 69.5 cm³/mol. The van der Waals surface area contributed by atoms with Crippen LogP contribution in [0.3, 0.4) is 0 Å². The molecular weight excluding hydrogens is 270 g/mol. The summed E-state index contributed by atoms with van der Waals surface area (Å²) >= 11 is 0. The third-order valence-corrected chi connectivity index (χ3v) is 4.23. The molecule has 0 aliphatic carbocycles. The maximum atomic E-state index is 12.1. The van der Waals surface area contributed by atoms with Gasteiger partial charge in [-0.1, -0.05) is 6.07 Å². The van der Waals surface area contributed by atoms with E-state index in [-0.39, 0.29) is 23.5 Å². The fraction of sp³-hybridized carbons (Fsp3) is 0.417. The Balaban J connectivity index is 3.07. The summed E-state index contributed by atoms with van der Waals surface area (Å²) in [5, 5.41) is 17.7. The molecule has 0 amide bonds. The van der Waals surface area contributed by atoms with Gasteiger partial charge in [0.15, 0.2) is 0 Å². The van der Waals surface area contributed by atoms with Crippen LogP contribution in [-0.2, 0) is 10.0 Å². The summed E-state index contributed by atoms with van der Waals surface area (Å²) in [5.74, 6) is -1.19. The number of aliphatic hydroxyl groups is 1. The number of benzene rings is 1. The fourth-order valence-corrected chi connectivity index (χ4v) is 3.04. The van der Waals surface area contributed by atoms with Crippen molar-refractivity contribution < 1.29 is 23.4 Å². The zero-order chi connectivity index (χ0) is 14.7. The van der Waals surface area contributed by atoms with Gasteiger partial charge in [-0.3, -0.25) is 0 Å². The van der Waals surface area contributed by atoms with Crippen LogP contribution in [-0.4, -0.2) is 36.7 Å². The Morgan fingerprint density at radius 3 is 2.53 bits per heavy atom. The lowest BCUT2D eigenvalue weighted by Crippen LogP contribution is -2.43. The van der Waals surface area contributed by atoms with E-state index in [4.69, 9.17) is 10.2 Å². The molecule has 6 nitrogen and oxygen atoms in total. The van der Waals surface area contributed by atoms with Crippen molar-refractivity contribution in [1.82, 2.24) is 4.72 Å². The van der Waals surface area contributed by atoms with Crippen LogP contribution < -0.4 is 4.72 Å². The van der Waals surface area contributed by atoms with Crippen molar-refractivity contribution in [3.05, 3.63) is 29.8 Å². The van der Waals surface area contributed by atoms with Crippen LogP contribution in [0.4, 0.5) is 0 Å². The number of carboxylic acid groups (broad SMARTS) is 1. The smallest absolute Gasteiger partial charge is 0.335 e. The Bertz CT molecular complexity index is 565. The molecule has 106 valence electrons. The molecule has 1 aromatic rings. The lowest BCUT2D eigenvalue weighted by molar-refractivity contribution is 0.0696. The minimum absolute atomic E-state index is 0.0946. The Morgan fingerprint density at radius 1 is 1.37 bits per heavy atom. The fourth-order valence-electron chi connectivity index (χ4n) is 1.55. The van der Waals surface area contributed by atoms with E-state index < -0.39 is 21.5 Å². The zero-order valence-electron chi connectivity index (χ0n) is 10.8. The third-order valence-electron chi connectivity index (χ3n) is 2.54. The largest absolute Gasteiger partial charge is 0.478 e. The average molecular weight is 287 g/mol. The second-order valence-corrected chi connectivity index (χ2v) is 6.48. The minimum Gasteiger partial charge on any atom is -0.478 e. The second kappa shape index (κ2) is 5.68. The monoisotopic (exact) mass is 287 g/mol. The lowest BCUT2D eigenvalue weighted by atomic mass is 10.0. The quantitative estimate of drug-likeness (QED) is 0.718. The summed E-state index contributed by atoms with van der Waals surface area (Å²) in [6, 6.07) is 5.11. The molecule has 1 aromatic carbocycles. The van der Waals surface area contributed by atoms with Crippen LogP contribution in [0.2, 0.25) is 0 Å². The molecular formula is C12H17NO5S. The van der Waals surface area contributed by atoms with Gasteiger partial charge in [0.05, 0.1) is 10.5 Å². The maximum Gasteiger partial charge on any atom is 0.335 e. The van der Waals surface area contributed by atoms with Crippen LogP contribution in [0.5, 0.6) is 0 Å². The highest BCUT2D eigenvalue weighted by Gasteiger charge is 2.26. The van der Waals surface area contributed by atoms with Crippen molar-refractivity contribution in [3.63, 3.8) is 0 Å². The summed E-state index contributed by atoms with van der Waals surface area (Å²) < 4.78 is 26.7. The molecule has 0 atom stereocenters. The number of nitrogens with one attached hydrogen (secondary N) is 1. The first-order valence-electron chi connectivity index (χ1n) is 5.66. The van der Waals surface area contributed by atoms with Crippen molar-refractivity contribution in [1.29, 1.82) is 0 Å². The number of carbonyl (C=O) groups is 1. The van der Waals surface area contributed by atoms with Gasteiger partial charge in [0, 0.05) is 12.1 Å². The first-order valence-corrected chi connectivity index (χ1v) is 7.14. The van der Waals surface area contributed by atoms with E-state index in [2.05, 4.69) is 4.72 Å². The van der Waals surface area contributed by atoms with Gasteiger partial charge in [0.25, 0.3) is 0 Å². The molecule has 0 radical (unpaired) electrons. The number of aliphatic hydroxyl groups excluding tert-OH is 1. The van der Waals surface area contributed by atoms with Crippen molar-refractivity contribution in [2.24, 2.45) is 0 Å². The predicted octanol–water partition coefficient (Wildman–Crippen LogP) is 0.824. The van der Waals surface area contributed by atoms with Crippen LogP contribution in [0.15, 0.2) is 29.2 Å². The molecule has 0 fully saturated rings. The van der Waals surface area contributed by atoms with Gasteiger partial charge in [0.2, 0.25) is 10.0 Å². The summed E-state index contributed by atoms with van der Waals surface area (Å²) in [7, 11) is -3.82. The topological polar surface area (TPSA) is 104 Å². The molecule has 0 aromatic heterocycles. The van der Waals surface area contributed by atoms with Gasteiger partial charge in [-0.05, 0) is 38.5 Å². The molecule has 3 N–H and O–H groups in total. The molecule has 1 rings (SSSR count). The van der Waals surface area contributed by atoms with Crippen LogP contribution >= 0.6 is 0 Å². The summed E-state index contributed by atoms with van der Waals surface area (Å²) in [4.78, 5) is 10.7. The van der Waals surface area contributed by atoms with Gasteiger partial charge in [0.1, 0.15) is 0 Å². The molecule has 0 bridgehead atoms. The second-order valence-electron chi connectivity index (χ2n) is 4.80. The van der Waals surface area contributed by atoms with E-state index in [1.807, 2.05) is 0 Å². The number of aromatic carboxylic acids is 1. The van der Waals surface area contributed by atoms with Crippen molar-refractivity contribution in [3.8, 4) is 0 Å². The first-order chi connectivity index (χ1) is 8.68. The standard InChI is InChI=1S/C12H17NO5S/c1-12(2,6-7-14)13-19(17,18)10-5-3-4-9(8-10)11(15)16/h3-5,8,13-14H,6-7H2,1-2H3,(H,15,16). The van der Waals surface area contributed by atoms with Crippen molar-refractivity contribution in [2.45, 2.75) is 30.7 Å². The van der Waals surface area contributed by atoms with E-state index in [0.717, 1.165) is 6.07 Å². The zero-order valence-corrected chi connectivity index (χ0v) is 11.6. The third kappa shape index (κ3) is 4.30. The number of sulfonamides is 1. The highest BCUT2D eigenvalue weighted by molar-refractivity contribution is 7.89. The number of rotatable bonds is 6. The van der Waals surface area contributed by atoms with Gasteiger partial charge in [-0.15, -0.1) is 0 Å². The number of hydrogen-bond donors (Lipinski definition) is 3. The Morgan fingerprint density at radius 2 is 2.00 bits per heavy atom. The van der Waals surface area contributed by atoms with Crippen LogP contribution in [0, 0.1) is 0 Å². The normalized spacial score (nSPS) is 12.4. The molecule has 0 saturated carbocycles. The van der Waals surface area contributed by atoms with E-state index in [1.54, 1.807) is 13.8 Å². The summed E-state index contributed by atoms with van der Waals surface area (Å²) in [6.07, 6.45) is 0.255. The minimum atomic E-state index is -3.82. The average Bonchev–Trinajstić information content (AvgIpc) is 2.27. The van der Waals surface area contributed by atoms with E-state index in [9.17, 15) is 13.2 Å². The SMILES string of the molecule is CC(C)(CCO)NS(=O)(=O)c1cccc(C(=O)O)c1. The Hall–Kier alpha value is -1.44. The number of hydrogen-bond acceptors (Lipinski definition) is 4. The molecule has 0 spiro atoms. The lowest BCUT2D eigenvalue weighted by Gasteiger charge is -2.25. The molecule has 0 aliphatic rings. The molecule has 0 saturated heterocycles. The molecule has 0 aliphatic heterocycles. The maximum absolute atomic E-state index is 12.1. The summed E-state index contributed by atoms with van der Waals surface area (Å²) in [5.41, 5.74) is -0.907. The van der Waals surface area contributed by atoms with Crippen molar-refractivity contribution in [2.75, 3.05) is 6.61 Å². The summed E-state index contributed by atoms with van der Waals surface area (Å²) in [6.45, 7) is 3.13. The highest BCUT2D eigenvalue weighted by atomic mass is 32.2. The van der Waals surface area contributed by atoms with Crippen molar-refractivity contribution >= 4 is 16.0 Å². The molecule has 7 heteroatoms. The van der Waals surface area contributed by atoms with Gasteiger partial charge in [-0.25, -0.2) is 17.9 Å². The van der Waals surface area contributed by atoms with Gasteiger partial charge < -0.3 is 10.2 Å². The van der Waals surface area contributed by atoms with Crippen LogP contribution in [0.25, 0.3) is 0 Å². The highest BCUT2D eigenvalue weighted by Crippen LogP contribution is 2.16. The Labute approximate surface area is 112 Å².